The summed E-state index contributed by atoms with van der Waals surface area (Å²) >= 11 is 0. The lowest BCUT2D eigenvalue weighted by molar-refractivity contribution is -0.0397. The zero-order chi connectivity index (χ0) is 18.9. The van der Waals surface area contributed by atoms with Crippen LogP contribution in [0.4, 0.5) is 5.69 Å². The highest BCUT2D eigenvalue weighted by Gasteiger charge is 2.32. The van der Waals surface area contributed by atoms with Crippen molar-refractivity contribution in [2.45, 2.75) is 70.6 Å². The smallest absolute Gasteiger partial charge is 0.164 e. The highest BCUT2D eigenvalue weighted by Crippen LogP contribution is 2.39. The van der Waals surface area contributed by atoms with Gasteiger partial charge in [0.2, 0.25) is 0 Å². The molecule has 1 saturated carbocycles. The van der Waals surface area contributed by atoms with Crippen molar-refractivity contribution in [3.8, 4) is 17.3 Å². The second-order valence-electron chi connectivity index (χ2n) is 8.32. The molecule has 0 saturated heterocycles. The van der Waals surface area contributed by atoms with Crippen LogP contribution in [0, 0.1) is 11.3 Å². The van der Waals surface area contributed by atoms with Crippen molar-refractivity contribution in [1.82, 2.24) is 4.98 Å². The van der Waals surface area contributed by atoms with Crippen molar-refractivity contribution in [2.24, 2.45) is 0 Å². The van der Waals surface area contributed by atoms with Gasteiger partial charge in [0, 0.05) is 23.6 Å². The molecule has 0 unspecified atom stereocenters. The molecule has 1 aromatic heterocycles. The highest BCUT2D eigenvalue weighted by molar-refractivity contribution is 5.73. The van der Waals surface area contributed by atoms with Gasteiger partial charge in [-0.15, -0.1) is 0 Å². The number of hydrogen-bond acceptors (Lipinski definition) is 4. The van der Waals surface area contributed by atoms with Crippen molar-refractivity contribution < 1.29 is 4.74 Å². The molecule has 27 heavy (non-hydrogen) atoms. The van der Waals surface area contributed by atoms with Gasteiger partial charge >= 0.3 is 0 Å². The normalized spacial score (nSPS) is 19.1. The molecule has 1 aliphatic carbocycles. The van der Waals surface area contributed by atoms with Crippen LogP contribution >= 0.6 is 0 Å². The first-order valence-electron chi connectivity index (χ1n) is 9.99. The van der Waals surface area contributed by atoms with Crippen LogP contribution < -0.4 is 5.32 Å². The van der Waals surface area contributed by atoms with Crippen molar-refractivity contribution in [2.75, 3.05) is 5.32 Å². The number of nitrogens with zero attached hydrogens (tertiary/aromatic N) is 2. The van der Waals surface area contributed by atoms with Crippen molar-refractivity contribution in [3.05, 3.63) is 47.2 Å². The molecule has 4 rings (SSSR count). The van der Waals surface area contributed by atoms with Crippen molar-refractivity contribution >= 4 is 5.69 Å². The van der Waals surface area contributed by atoms with E-state index in [0.717, 1.165) is 28.9 Å². The lowest BCUT2D eigenvalue weighted by Crippen LogP contribution is -2.34. The second kappa shape index (κ2) is 7.32. The number of pyridine rings is 1. The van der Waals surface area contributed by atoms with Gasteiger partial charge in [0.1, 0.15) is 6.07 Å². The molecule has 0 atom stereocenters. The van der Waals surface area contributed by atoms with E-state index in [2.05, 4.69) is 37.4 Å². The summed E-state index contributed by atoms with van der Waals surface area (Å²) in [6, 6.07) is 12.9. The third-order valence-electron chi connectivity index (χ3n) is 5.73. The molecule has 2 aliphatic rings. The van der Waals surface area contributed by atoms with Gasteiger partial charge < -0.3 is 10.1 Å². The summed E-state index contributed by atoms with van der Waals surface area (Å²) in [7, 11) is 0. The van der Waals surface area contributed by atoms with E-state index in [-0.39, 0.29) is 5.60 Å². The third-order valence-corrected chi connectivity index (χ3v) is 5.73. The number of nitrogens with one attached hydrogen (secondary N) is 1. The minimum Gasteiger partial charge on any atom is -0.380 e. The summed E-state index contributed by atoms with van der Waals surface area (Å²) in [5.74, 6) is 0. The van der Waals surface area contributed by atoms with E-state index in [1.165, 1.54) is 37.7 Å². The molecule has 0 radical (unpaired) electrons. The van der Waals surface area contributed by atoms with Gasteiger partial charge in [-0.3, -0.25) is 0 Å². The number of rotatable bonds is 3. The molecule has 0 bridgehead atoms. The molecule has 0 amide bonds. The van der Waals surface area contributed by atoms with Gasteiger partial charge in [0.25, 0.3) is 0 Å². The Labute approximate surface area is 161 Å². The Bertz CT molecular complexity index is 861. The lowest BCUT2D eigenvalue weighted by atomic mass is 9.87. The second-order valence-corrected chi connectivity index (χ2v) is 8.32. The Morgan fingerprint density at radius 3 is 2.56 bits per heavy atom. The van der Waals surface area contributed by atoms with Crippen LogP contribution in [-0.2, 0) is 17.8 Å². The van der Waals surface area contributed by atoms with Crippen LogP contribution in [0.5, 0.6) is 0 Å². The Hall–Kier alpha value is -2.38. The first-order valence-corrected chi connectivity index (χ1v) is 9.99. The van der Waals surface area contributed by atoms with Crippen molar-refractivity contribution in [3.63, 3.8) is 0 Å². The summed E-state index contributed by atoms with van der Waals surface area (Å²) in [5.41, 5.74) is 5.47. The Kier molecular flexibility index (Phi) is 4.88. The first kappa shape index (κ1) is 18.0. The molecule has 2 heterocycles. The van der Waals surface area contributed by atoms with Crippen LogP contribution in [0.3, 0.4) is 0 Å². The molecule has 4 nitrogen and oxygen atoms in total. The fraction of sp³-hybridized carbons (Fsp3) is 0.478. The minimum absolute atomic E-state index is 0.238. The van der Waals surface area contributed by atoms with Crippen LogP contribution in [-0.4, -0.2) is 16.6 Å². The average molecular weight is 361 g/mol. The van der Waals surface area contributed by atoms with E-state index >= 15 is 0 Å². The van der Waals surface area contributed by atoms with Gasteiger partial charge in [0.05, 0.1) is 23.6 Å². The number of fused-ring (bicyclic) bond motifs is 1. The summed E-state index contributed by atoms with van der Waals surface area (Å²) in [4.78, 5) is 4.78. The first-order chi connectivity index (χ1) is 13.1. The maximum atomic E-state index is 9.87. The molecule has 4 heteroatoms. The van der Waals surface area contributed by atoms with E-state index in [0.29, 0.717) is 18.3 Å². The number of benzene rings is 1. The summed E-state index contributed by atoms with van der Waals surface area (Å²) in [6.45, 7) is 4.77. The highest BCUT2D eigenvalue weighted by atomic mass is 16.5. The van der Waals surface area contributed by atoms with Crippen LogP contribution in [0.2, 0.25) is 0 Å². The van der Waals surface area contributed by atoms with E-state index in [1.807, 2.05) is 18.2 Å². The molecular formula is C23H27N3O. The summed E-state index contributed by atoms with van der Waals surface area (Å²) in [6.07, 6.45) is 6.94. The predicted octanol–water partition coefficient (Wildman–Crippen LogP) is 5.22. The molecule has 1 aromatic carbocycles. The molecule has 0 spiro atoms. The predicted molar refractivity (Wildman–Crippen MR) is 107 cm³/mol. The molecule has 140 valence electrons. The molecule has 1 aliphatic heterocycles. The SMILES string of the molecule is CC1(C)Cc2c(c(-c3ccccc3)nc(C#N)c2NC2CCCCC2)CO1. The molecule has 1 fully saturated rings. The van der Waals surface area contributed by atoms with E-state index in [1.54, 1.807) is 0 Å². The quantitative estimate of drug-likeness (QED) is 0.814. The monoisotopic (exact) mass is 361 g/mol. The zero-order valence-corrected chi connectivity index (χ0v) is 16.2. The molecule has 1 N–H and O–H groups in total. The Balaban J connectivity index is 1.84. The summed E-state index contributed by atoms with van der Waals surface area (Å²) in [5, 5.41) is 13.6. The van der Waals surface area contributed by atoms with Gasteiger partial charge in [-0.05, 0) is 32.3 Å². The van der Waals surface area contributed by atoms with E-state index < -0.39 is 0 Å². The van der Waals surface area contributed by atoms with Gasteiger partial charge in [-0.25, -0.2) is 4.98 Å². The molecule has 2 aromatic rings. The van der Waals surface area contributed by atoms with Crippen LogP contribution in [0.1, 0.15) is 62.8 Å². The number of ether oxygens (including phenoxy) is 1. The fourth-order valence-electron chi connectivity index (χ4n) is 4.29. The zero-order valence-electron chi connectivity index (χ0n) is 16.2. The van der Waals surface area contributed by atoms with Crippen LogP contribution in [0.25, 0.3) is 11.3 Å². The third kappa shape index (κ3) is 3.70. The summed E-state index contributed by atoms with van der Waals surface area (Å²) < 4.78 is 6.12. The number of aromatic nitrogens is 1. The van der Waals surface area contributed by atoms with Gasteiger partial charge in [0.15, 0.2) is 5.69 Å². The fourth-order valence-corrected chi connectivity index (χ4v) is 4.29. The maximum absolute atomic E-state index is 9.87. The number of hydrogen-bond donors (Lipinski definition) is 1. The number of nitriles is 1. The standard InChI is InChI=1S/C23H27N3O/c1-23(2)13-18-19(15-27-23)21(16-9-5-3-6-10-16)26-20(14-24)22(18)25-17-11-7-4-8-12-17/h3,5-6,9-10,17,25H,4,7-8,11-13,15H2,1-2H3. The maximum Gasteiger partial charge on any atom is 0.164 e. The lowest BCUT2D eigenvalue weighted by Gasteiger charge is -2.35. The Morgan fingerprint density at radius 2 is 1.85 bits per heavy atom. The van der Waals surface area contributed by atoms with E-state index in [4.69, 9.17) is 9.72 Å². The van der Waals surface area contributed by atoms with Gasteiger partial charge in [-0.2, -0.15) is 5.26 Å². The largest absolute Gasteiger partial charge is 0.380 e. The van der Waals surface area contributed by atoms with Crippen molar-refractivity contribution in [1.29, 1.82) is 5.26 Å². The average Bonchev–Trinajstić information content (AvgIpc) is 2.69. The minimum atomic E-state index is -0.238. The molecular weight excluding hydrogens is 334 g/mol. The number of anilines is 1. The van der Waals surface area contributed by atoms with E-state index in [9.17, 15) is 5.26 Å². The Morgan fingerprint density at radius 1 is 1.11 bits per heavy atom. The van der Waals surface area contributed by atoms with Gasteiger partial charge in [-0.1, -0.05) is 49.6 Å². The topological polar surface area (TPSA) is 57.9 Å². The van der Waals surface area contributed by atoms with Crippen LogP contribution in [0.15, 0.2) is 30.3 Å².